The summed E-state index contributed by atoms with van der Waals surface area (Å²) in [5, 5.41) is 0. The molecule has 3 aromatic rings. The van der Waals surface area contributed by atoms with Gasteiger partial charge in [0.1, 0.15) is 5.60 Å². The molecular formula is C32H38N2O2S. The number of rotatable bonds is 6. The van der Waals surface area contributed by atoms with Crippen LogP contribution in [-0.4, -0.2) is 58.2 Å². The molecule has 5 rings (SSSR count). The molecule has 0 aliphatic carbocycles. The lowest BCUT2D eigenvalue weighted by Gasteiger charge is -2.55. The first-order valence-electron chi connectivity index (χ1n) is 13.2. The van der Waals surface area contributed by atoms with E-state index in [0.29, 0.717) is 0 Å². The molecule has 0 radical (unpaired) electrons. The van der Waals surface area contributed by atoms with Crippen LogP contribution in [0, 0.1) is 0 Å². The molecule has 0 N–H and O–H groups in total. The molecule has 2 fully saturated rings. The van der Waals surface area contributed by atoms with Gasteiger partial charge in [-0.3, -0.25) is 9.80 Å². The molecule has 2 bridgehead atoms. The van der Waals surface area contributed by atoms with Crippen molar-refractivity contribution in [2.75, 3.05) is 25.1 Å². The number of nitrogens with zero attached hydrogens (tertiary/aromatic N) is 2. The number of likely N-dealkylation sites (tertiary alicyclic amines) is 1. The zero-order chi connectivity index (χ0) is 26.1. The summed E-state index contributed by atoms with van der Waals surface area (Å²) in [5.41, 5.74) is 2.46. The Hall–Kier alpha value is -2.76. The van der Waals surface area contributed by atoms with E-state index in [4.69, 9.17) is 4.74 Å². The summed E-state index contributed by atoms with van der Waals surface area (Å²) in [7, 11) is 0. The Balaban J connectivity index is 1.68. The van der Waals surface area contributed by atoms with Crippen molar-refractivity contribution < 1.29 is 9.53 Å². The van der Waals surface area contributed by atoms with Crippen LogP contribution in [0.1, 0.15) is 50.3 Å². The Labute approximate surface area is 226 Å². The summed E-state index contributed by atoms with van der Waals surface area (Å²) in [6.07, 6.45) is 3.95. The first kappa shape index (κ1) is 25.9. The van der Waals surface area contributed by atoms with Gasteiger partial charge in [-0.25, -0.2) is 4.79 Å². The van der Waals surface area contributed by atoms with Crippen molar-refractivity contribution in [3.8, 4) is 0 Å². The fourth-order valence-corrected chi connectivity index (χ4v) is 7.44. The predicted molar refractivity (Wildman–Crippen MR) is 153 cm³/mol. The molecule has 2 saturated heterocycles. The third-order valence-electron chi connectivity index (χ3n) is 7.79. The Morgan fingerprint density at radius 3 is 1.81 bits per heavy atom. The van der Waals surface area contributed by atoms with Crippen molar-refractivity contribution in [2.24, 2.45) is 0 Å². The van der Waals surface area contributed by atoms with E-state index < -0.39 is 11.1 Å². The van der Waals surface area contributed by atoms with Gasteiger partial charge in [0.2, 0.25) is 0 Å². The van der Waals surface area contributed by atoms with Crippen LogP contribution in [0.4, 0.5) is 4.79 Å². The van der Waals surface area contributed by atoms with E-state index in [9.17, 15) is 4.79 Å². The highest BCUT2D eigenvalue weighted by Gasteiger charge is 2.58. The molecule has 2 atom stereocenters. The predicted octanol–water partition coefficient (Wildman–Crippen LogP) is 6.80. The van der Waals surface area contributed by atoms with Gasteiger partial charge in [-0.15, -0.1) is 0 Å². The molecule has 0 spiro atoms. The minimum Gasteiger partial charge on any atom is -0.444 e. The number of amides is 1. The molecule has 2 unspecified atom stereocenters. The second-order valence-electron chi connectivity index (χ2n) is 11.4. The largest absolute Gasteiger partial charge is 0.444 e. The summed E-state index contributed by atoms with van der Waals surface area (Å²) < 4.78 is 5.96. The first-order valence-corrected chi connectivity index (χ1v) is 14.6. The molecule has 4 nitrogen and oxygen atoms in total. The summed E-state index contributed by atoms with van der Waals surface area (Å²) in [6.45, 7) is 7.43. The van der Waals surface area contributed by atoms with Gasteiger partial charge in [0.15, 0.2) is 0 Å². The maximum atomic E-state index is 13.6. The van der Waals surface area contributed by atoms with Crippen molar-refractivity contribution in [3.05, 3.63) is 108 Å². The normalized spacial score (nSPS) is 22.2. The lowest BCUT2D eigenvalue weighted by Crippen LogP contribution is -2.68. The Kier molecular flexibility index (Phi) is 7.12. The summed E-state index contributed by atoms with van der Waals surface area (Å²) in [4.78, 5) is 18.4. The number of piperazine rings is 1. The fraction of sp³-hybridized carbons (Fsp3) is 0.406. The van der Waals surface area contributed by atoms with Gasteiger partial charge in [-0.2, -0.15) is 11.8 Å². The summed E-state index contributed by atoms with van der Waals surface area (Å²) in [5.74, 6) is 0.883. The van der Waals surface area contributed by atoms with Crippen LogP contribution in [-0.2, 0) is 10.3 Å². The third-order valence-corrected chi connectivity index (χ3v) is 8.61. The van der Waals surface area contributed by atoms with Gasteiger partial charge in [0, 0.05) is 24.9 Å². The quantitative estimate of drug-likeness (QED) is 0.339. The van der Waals surface area contributed by atoms with Gasteiger partial charge in [-0.1, -0.05) is 91.0 Å². The van der Waals surface area contributed by atoms with Gasteiger partial charge in [-0.05, 0) is 56.6 Å². The highest BCUT2D eigenvalue weighted by molar-refractivity contribution is 7.98. The summed E-state index contributed by atoms with van der Waals surface area (Å²) in [6, 6.07) is 32.7. The Morgan fingerprint density at radius 2 is 1.38 bits per heavy atom. The molecule has 2 aliphatic heterocycles. The average Bonchev–Trinajstić information content (AvgIpc) is 3.12. The van der Waals surface area contributed by atoms with Crippen molar-refractivity contribution in [1.82, 2.24) is 9.80 Å². The summed E-state index contributed by atoms with van der Waals surface area (Å²) >= 11 is 1.82. The fourth-order valence-electron chi connectivity index (χ4n) is 6.53. The van der Waals surface area contributed by atoms with Crippen molar-refractivity contribution in [1.29, 1.82) is 0 Å². The van der Waals surface area contributed by atoms with E-state index in [2.05, 4.69) is 107 Å². The number of ether oxygens (including phenoxy) is 1. The number of benzene rings is 3. The molecule has 0 aromatic heterocycles. The molecule has 2 aliphatic rings. The minimum atomic E-state index is -0.518. The lowest BCUT2D eigenvalue weighted by molar-refractivity contribution is -0.0418. The lowest BCUT2D eigenvalue weighted by atomic mass is 9.74. The van der Waals surface area contributed by atoms with Crippen LogP contribution in [0.25, 0.3) is 0 Å². The van der Waals surface area contributed by atoms with E-state index in [0.717, 1.165) is 31.7 Å². The van der Waals surface area contributed by atoms with Crippen LogP contribution in [0.15, 0.2) is 91.0 Å². The van der Waals surface area contributed by atoms with E-state index in [1.54, 1.807) is 0 Å². The van der Waals surface area contributed by atoms with E-state index in [1.165, 1.54) is 16.7 Å². The smallest absolute Gasteiger partial charge is 0.411 e. The monoisotopic (exact) mass is 514 g/mol. The highest BCUT2D eigenvalue weighted by Crippen LogP contribution is 2.49. The number of hydrogen-bond donors (Lipinski definition) is 0. The zero-order valence-corrected chi connectivity index (χ0v) is 23.2. The zero-order valence-electron chi connectivity index (χ0n) is 22.4. The Morgan fingerprint density at radius 1 is 0.892 bits per heavy atom. The van der Waals surface area contributed by atoms with Crippen LogP contribution >= 0.6 is 11.8 Å². The first-order chi connectivity index (χ1) is 17.8. The van der Waals surface area contributed by atoms with Crippen LogP contribution < -0.4 is 0 Å². The van der Waals surface area contributed by atoms with Crippen LogP contribution in [0.3, 0.4) is 0 Å². The molecule has 2 heterocycles. The van der Waals surface area contributed by atoms with Crippen molar-refractivity contribution in [3.63, 3.8) is 0 Å². The molecule has 5 heteroatoms. The van der Waals surface area contributed by atoms with E-state index in [-0.39, 0.29) is 17.7 Å². The number of hydrogen-bond acceptors (Lipinski definition) is 4. The maximum absolute atomic E-state index is 13.6. The van der Waals surface area contributed by atoms with Gasteiger partial charge in [0.25, 0.3) is 0 Å². The van der Waals surface area contributed by atoms with E-state index in [1.807, 2.05) is 32.5 Å². The van der Waals surface area contributed by atoms with Crippen molar-refractivity contribution in [2.45, 2.75) is 56.3 Å². The molecule has 3 aromatic carbocycles. The number of thioether (sulfide) groups is 1. The molecule has 37 heavy (non-hydrogen) atoms. The molecule has 0 saturated carbocycles. The molecular weight excluding hydrogens is 476 g/mol. The van der Waals surface area contributed by atoms with Crippen molar-refractivity contribution >= 4 is 17.9 Å². The third kappa shape index (κ3) is 4.68. The minimum absolute atomic E-state index is 0.103. The van der Waals surface area contributed by atoms with Gasteiger partial charge < -0.3 is 4.74 Å². The maximum Gasteiger partial charge on any atom is 0.411 e. The standard InChI is InChI=1S/C32H38N2O2S/c1-30(2,3)36-29(35)34-28-20-21-31(34,24-37-4)23-33(22-28)32(25-14-8-5-9-15-25,26-16-10-6-11-17-26)27-18-12-7-13-19-27/h5-19,28H,20-24H2,1-4H3. The number of carbonyl (C=O) groups is 1. The second kappa shape index (κ2) is 10.2. The van der Waals surface area contributed by atoms with E-state index >= 15 is 0 Å². The average molecular weight is 515 g/mol. The van der Waals surface area contributed by atoms with Gasteiger partial charge >= 0.3 is 6.09 Å². The Bertz CT molecular complexity index is 1100. The second-order valence-corrected chi connectivity index (χ2v) is 12.3. The van der Waals surface area contributed by atoms with Gasteiger partial charge in [0.05, 0.1) is 11.1 Å². The SMILES string of the molecule is CSCC12CCC(CN(C(c3ccccc3)(c3ccccc3)c3ccccc3)C1)N2C(=O)OC(C)(C)C. The van der Waals surface area contributed by atoms with Crippen LogP contribution in [0.5, 0.6) is 0 Å². The molecule has 194 valence electrons. The molecule has 1 amide bonds. The topological polar surface area (TPSA) is 32.8 Å². The highest BCUT2D eigenvalue weighted by atomic mass is 32.2. The number of fused-ring (bicyclic) bond motifs is 2. The number of carbonyl (C=O) groups excluding carboxylic acids is 1. The van der Waals surface area contributed by atoms with Crippen LogP contribution in [0.2, 0.25) is 0 Å².